The molecule has 3 heteroatoms. The van der Waals surface area contributed by atoms with Crippen molar-refractivity contribution in [3.05, 3.63) is 41.3 Å². The van der Waals surface area contributed by atoms with E-state index in [2.05, 4.69) is 5.18 Å². The summed E-state index contributed by atoms with van der Waals surface area (Å²) in [5.74, 6) is 0.472. The van der Waals surface area contributed by atoms with Crippen LogP contribution in [0.3, 0.4) is 0 Å². The summed E-state index contributed by atoms with van der Waals surface area (Å²) in [5.41, 5.74) is 0.422. The number of benzene rings is 2. The molecule has 13 heavy (non-hydrogen) atoms. The van der Waals surface area contributed by atoms with Crippen LogP contribution in [0.5, 0.6) is 5.75 Å². The van der Waals surface area contributed by atoms with Gasteiger partial charge in [0.15, 0.2) is 0 Å². The molecule has 0 aromatic heterocycles. The first kappa shape index (κ1) is 7.73. The Hall–Kier alpha value is -1.90. The monoisotopic (exact) mass is 174 g/mol. The van der Waals surface area contributed by atoms with E-state index in [1.165, 1.54) is 0 Å². The summed E-state index contributed by atoms with van der Waals surface area (Å²) in [7, 11) is 0. The zero-order chi connectivity index (χ0) is 9.26. The van der Waals surface area contributed by atoms with E-state index in [9.17, 15) is 4.91 Å². The molecule has 0 aliphatic rings. The number of hydrogen-bond donors (Lipinski definition) is 0. The molecule has 0 saturated heterocycles. The van der Waals surface area contributed by atoms with E-state index >= 15 is 0 Å². The molecule has 0 aliphatic heterocycles. The van der Waals surface area contributed by atoms with Crippen LogP contribution >= 0.6 is 0 Å². The lowest BCUT2D eigenvalue weighted by molar-refractivity contribution is 0.476. The Morgan fingerprint density at radius 2 is 1.69 bits per heavy atom. The molecule has 0 fully saturated rings. The lowest BCUT2D eigenvalue weighted by atomic mass is 10.1. The molecule has 0 radical (unpaired) electrons. The number of hydrogen-bond acceptors (Lipinski definition) is 2. The third-order valence-electron chi connectivity index (χ3n) is 1.93. The first-order valence-electron chi connectivity index (χ1n) is 3.88. The molecule has 0 spiro atoms. The number of rotatable bonds is 1. The molecule has 3 nitrogen and oxygen atoms in total. The topological polar surface area (TPSA) is 52.3 Å². The maximum Gasteiger partial charge on any atom is 0.254 e. The van der Waals surface area contributed by atoms with Crippen LogP contribution in [-0.4, -0.2) is 5.11 Å². The second-order valence-electron chi connectivity index (χ2n) is 2.84. The Morgan fingerprint density at radius 3 is 2.46 bits per heavy atom. The fourth-order valence-corrected chi connectivity index (χ4v) is 1.29. The van der Waals surface area contributed by atoms with Gasteiger partial charge >= 0.3 is 0 Å². The smallest absolute Gasteiger partial charge is 0.254 e. The molecule has 0 atom stereocenters. The fourth-order valence-electron chi connectivity index (χ4n) is 1.29. The molecule has 0 aliphatic carbocycles. The Labute approximate surface area is 74.6 Å². The van der Waals surface area contributed by atoms with Crippen LogP contribution in [0.15, 0.2) is 41.6 Å². The molecular formula is C10H8NO2+. The van der Waals surface area contributed by atoms with Gasteiger partial charge in [-0.25, -0.2) is 0 Å². The third-order valence-corrected chi connectivity index (χ3v) is 1.93. The van der Waals surface area contributed by atoms with E-state index in [0.29, 0.717) is 11.4 Å². The average Bonchev–Trinajstić information content (AvgIpc) is 2.17. The van der Waals surface area contributed by atoms with Crippen molar-refractivity contribution >= 4 is 16.5 Å². The molecular weight excluding hydrogens is 166 g/mol. The Bertz CT molecular complexity index is 465. The largest absolute Gasteiger partial charge is 0.593 e. The van der Waals surface area contributed by atoms with E-state index in [-0.39, 0.29) is 0 Å². The Balaban J connectivity index is 2.73. The number of nitroso groups, excluding NO2 is 1. The van der Waals surface area contributed by atoms with Crippen LogP contribution in [0.1, 0.15) is 0 Å². The van der Waals surface area contributed by atoms with Crippen molar-refractivity contribution < 1.29 is 5.11 Å². The third kappa shape index (κ3) is 1.36. The van der Waals surface area contributed by atoms with Crippen LogP contribution in [0.2, 0.25) is 0 Å². The van der Waals surface area contributed by atoms with Gasteiger partial charge in [0.05, 0.1) is 0 Å². The minimum absolute atomic E-state index is 0.422. The van der Waals surface area contributed by atoms with E-state index in [1.54, 1.807) is 30.3 Å². The van der Waals surface area contributed by atoms with Crippen LogP contribution in [0.4, 0.5) is 5.69 Å². The van der Waals surface area contributed by atoms with Crippen molar-refractivity contribution in [2.75, 3.05) is 0 Å². The zero-order valence-electron chi connectivity index (χ0n) is 6.82. The van der Waals surface area contributed by atoms with Gasteiger partial charge in [-0.3, -0.25) is 0 Å². The average molecular weight is 174 g/mol. The highest BCUT2D eigenvalue weighted by atomic mass is 16.3. The van der Waals surface area contributed by atoms with Gasteiger partial charge in [0.25, 0.3) is 5.75 Å². The molecule has 0 bridgehead atoms. The molecule has 2 N–H and O–H groups in total. The van der Waals surface area contributed by atoms with Crippen molar-refractivity contribution in [2.24, 2.45) is 5.18 Å². The highest BCUT2D eigenvalue weighted by molar-refractivity contribution is 5.86. The molecule has 0 saturated carbocycles. The highest BCUT2D eigenvalue weighted by Gasteiger charge is 1.98. The minimum atomic E-state index is 0.422. The van der Waals surface area contributed by atoms with Gasteiger partial charge in [0.2, 0.25) is 0 Å². The first-order chi connectivity index (χ1) is 6.29. The number of nitrogens with zero attached hydrogens (tertiary/aromatic N) is 1. The predicted molar refractivity (Wildman–Crippen MR) is 52.5 cm³/mol. The number of fused-ring (bicyclic) bond motifs is 1. The molecule has 0 amide bonds. The van der Waals surface area contributed by atoms with E-state index in [0.717, 1.165) is 10.8 Å². The second-order valence-corrected chi connectivity index (χ2v) is 2.84. The molecule has 64 valence electrons. The van der Waals surface area contributed by atoms with Gasteiger partial charge in [0.1, 0.15) is 5.69 Å². The quantitative estimate of drug-likeness (QED) is 0.484. The van der Waals surface area contributed by atoms with E-state index < -0.39 is 0 Å². The van der Waals surface area contributed by atoms with Crippen molar-refractivity contribution in [3.63, 3.8) is 0 Å². The molecule has 2 rings (SSSR count). The lowest BCUT2D eigenvalue weighted by Gasteiger charge is -1.96. The SMILES string of the molecule is O=Nc1ccc2cc([OH2+])ccc2c1. The van der Waals surface area contributed by atoms with Gasteiger partial charge in [-0.1, -0.05) is 6.07 Å². The molecule has 0 heterocycles. The minimum Gasteiger partial charge on any atom is -0.593 e. The van der Waals surface area contributed by atoms with Gasteiger partial charge in [0, 0.05) is 12.1 Å². The molecule has 2 aromatic carbocycles. The Morgan fingerprint density at radius 1 is 1.00 bits per heavy atom. The predicted octanol–water partition coefficient (Wildman–Crippen LogP) is 2.68. The normalized spacial score (nSPS) is 10.2. The Kier molecular flexibility index (Phi) is 1.70. The van der Waals surface area contributed by atoms with Gasteiger partial charge < -0.3 is 5.11 Å². The maximum absolute atomic E-state index is 10.2. The van der Waals surface area contributed by atoms with Crippen LogP contribution in [0.25, 0.3) is 10.8 Å². The van der Waals surface area contributed by atoms with Gasteiger partial charge in [-0.05, 0) is 34.1 Å². The van der Waals surface area contributed by atoms with E-state index in [1.807, 2.05) is 6.07 Å². The summed E-state index contributed by atoms with van der Waals surface area (Å²) in [5, 5.41) is 12.1. The van der Waals surface area contributed by atoms with Crippen molar-refractivity contribution in [2.45, 2.75) is 0 Å². The van der Waals surface area contributed by atoms with Crippen LogP contribution in [0, 0.1) is 4.91 Å². The second kappa shape index (κ2) is 2.86. The lowest BCUT2D eigenvalue weighted by Crippen LogP contribution is -1.71. The summed E-state index contributed by atoms with van der Waals surface area (Å²) in [6.45, 7) is 0. The highest BCUT2D eigenvalue weighted by Crippen LogP contribution is 2.24. The molecule has 0 unspecified atom stereocenters. The van der Waals surface area contributed by atoms with Crippen LogP contribution < -0.4 is 0 Å². The van der Waals surface area contributed by atoms with Crippen molar-refractivity contribution in [1.82, 2.24) is 0 Å². The van der Waals surface area contributed by atoms with Gasteiger partial charge in [-0.15, -0.1) is 4.91 Å². The zero-order valence-corrected chi connectivity index (χ0v) is 6.82. The fraction of sp³-hybridized carbons (Fsp3) is 0. The van der Waals surface area contributed by atoms with Crippen molar-refractivity contribution in [1.29, 1.82) is 0 Å². The first-order valence-corrected chi connectivity index (χ1v) is 3.88. The van der Waals surface area contributed by atoms with E-state index in [4.69, 9.17) is 5.11 Å². The summed E-state index contributed by atoms with van der Waals surface area (Å²) in [6.07, 6.45) is 0. The van der Waals surface area contributed by atoms with Crippen molar-refractivity contribution in [3.8, 4) is 5.75 Å². The molecule has 2 aromatic rings. The summed E-state index contributed by atoms with van der Waals surface area (Å²) < 4.78 is 0. The maximum atomic E-state index is 10.2. The summed E-state index contributed by atoms with van der Waals surface area (Å²) in [6, 6.07) is 10.4. The summed E-state index contributed by atoms with van der Waals surface area (Å²) >= 11 is 0. The van der Waals surface area contributed by atoms with Crippen LogP contribution in [-0.2, 0) is 0 Å². The standard InChI is InChI=1S/C10H7NO2/c12-10-4-2-7-5-9(11-13)3-1-8(7)6-10/h1-6,12H/p+1. The summed E-state index contributed by atoms with van der Waals surface area (Å²) in [4.78, 5) is 10.2. The van der Waals surface area contributed by atoms with Gasteiger partial charge in [-0.2, -0.15) is 0 Å².